The third-order valence-corrected chi connectivity index (χ3v) is 8.38. The first-order valence-corrected chi connectivity index (χ1v) is 14.6. The van der Waals surface area contributed by atoms with Crippen LogP contribution < -0.4 is 26.5 Å². The number of benzene rings is 2. The van der Waals surface area contributed by atoms with Crippen molar-refractivity contribution in [2.24, 2.45) is 7.05 Å². The molecule has 1 amide bonds. The van der Waals surface area contributed by atoms with E-state index >= 15 is 0 Å². The van der Waals surface area contributed by atoms with Crippen molar-refractivity contribution in [3.05, 3.63) is 96.5 Å². The number of aliphatic hydroxyl groups excluding tert-OH is 1. The lowest BCUT2D eigenvalue weighted by atomic mass is 9.92. The van der Waals surface area contributed by atoms with Crippen molar-refractivity contribution in [3.8, 4) is 28.3 Å². The van der Waals surface area contributed by atoms with Gasteiger partial charge < -0.3 is 20.5 Å². The summed E-state index contributed by atoms with van der Waals surface area (Å²) in [7, 11) is 2.91. The van der Waals surface area contributed by atoms with E-state index in [1.54, 1.807) is 31.4 Å². The summed E-state index contributed by atoms with van der Waals surface area (Å²) in [6.07, 6.45) is 3.50. The lowest BCUT2D eigenvalue weighted by molar-refractivity contribution is 0.0901. The minimum Gasteiger partial charge on any atom is -0.481 e. The molecule has 2 heterocycles. The largest absolute Gasteiger partial charge is 0.481 e. The van der Waals surface area contributed by atoms with Crippen LogP contribution in [-0.4, -0.2) is 45.0 Å². The number of methoxy groups -OCH3 is 1. The first kappa shape index (κ1) is 30.5. The minimum atomic E-state index is -0.769. The van der Waals surface area contributed by atoms with E-state index < -0.39 is 17.0 Å². The molecule has 1 fully saturated rings. The van der Waals surface area contributed by atoms with Gasteiger partial charge in [0.25, 0.3) is 17.0 Å². The summed E-state index contributed by atoms with van der Waals surface area (Å²) in [5.74, 6) is -0.320. The number of aryl methyl sites for hydroxylation is 1. The van der Waals surface area contributed by atoms with E-state index in [-0.39, 0.29) is 28.4 Å². The Morgan fingerprint density at radius 1 is 1.05 bits per heavy atom. The minimum absolute atomic E-state index is 0.0373. The van der Waals surface area contributed by atoms with Crippen LogP contribution in [0.25, 0.3) is 22.4 Å². The molecule has 1 aliphatic carbocycles. The van der Waals surface area contributed by atoms with Crippen LogP contribution in [0.3, 0.4) is 0 Å². The van der Waals surface area contributed by atoms with Crippen molar-refractivity contribution in [3.63, 3.8) is 0 Å². The molecule has 0 radical (unpaired) electrons. The van der Waals surface area contributed by atoms with Gasteiger partial charge in [-0.3, -0.25) is 24.2 Å². The summed E-state index contributed by atoms with van der Waals surface area (Å²) in [6.45, 7) is 0.504. The molecule has 4 aromatic rings. The second-order valence-corrected chi connectivity index (χ2v) is 11.1. The molecule has 43 heavy (non-hydrogen) atoms. The number of carbonyl (C=O) groups is 1. The van der Waals surface area contributed by atoms with Crippen LogP contribution in [0.5, 0.6) is 5.88 Å². The number of H-pyrrole nitrogens is 1. The first-order chi connectivity index (χ1) is 20.7. The fourth-order valence-electron chi connectivity index (χ4n) is 5.27. The second kappa shape index (κ2) is 13.1. The Kier molecular flexibility index (Phi) is 9.31. The average Bonchev–Trinajstić information content (AvgIpc) is 3.00. The number of pyridine rings is 1. The van der Waals surface area contributed by atoms with Crippen LogP contribution >= 0.6 is 23.2 Å². The van der Waals surface area contributed by atoms with Crippen LogP contribution in [0.1, 0.15) is 41.6 Å². The van der Waals surface area contributed by atoms with E-state index in [1.807, 2.05) is 24.3 Å². The molecule has 0 bridgehead atoms. The maximum atomic E-state index is 12.9. The summed E-state index contributed by atoms with van der Waals surface area (Å²) in [5.41, 5.74) is 1.93. The normalized spacial score (nSPS) is 16.6. The highest BCUT2D eigenvalue weighted by atomic mass is 35.5. The van der Waals surface area contributed by atoms with Gasteiger partial charge >= 0.3 is 0 Å². The lowest BCUT2D eigenvalue weighted by Crippen LogP contribution is -2.41. The van der Waals surface area contributed by atoms with Crippen LogP contribution in [0, 0.1) is 0 Å². The predicted octanol–water partition coefficient (Wildman–Crippen LogP) is 4.76. The number of ether oxygens (including phenoxy) is 1. The number of hydrogen-bond donors (Lipinski definition) is 4. The van der Waals surface area contributed by atoms with Crippen molar-refractivity contribution in [2.75, 3.05) is 12.4 Å². The van der Waals surface area contributed by atoms with Gasteiger partial charge in [0.15, 0.2) is 0 Å². The topological polar surface area (TPSA) is 138 Å². The molecule has 0 aliphatic heterocycles. The SMILES string of the molecule is COc1nc(-c2cccc(-c3cccc(NC(=O)c4cc(=O)[nH]n(C)c4=O)c3Cl)c2Cl)ccc1CNC1CCCC[C@@H]1O. The maximum absolute atomic E-state index is 12.9. The third-order valence-electron chi connectivity index (χ3n) is 7.56. The van der Waals surface area contributed by atoms with E-state index in [9.17, 15) is 19.5 Å². The predicted molar refractivity (Wildman–Crippen MR) is 167 cm³/mol. The van der Waals surface area contributed by atoms with Crippen molar-refractivity contribution in [1.29, 1.82) is 0 Å². The zero-order chi connectivity index (χ0) is 30.7. The Labute approximate surface area is 257 Å². The Hall–Kier alpha value is -3.96. The molecule has 0 saturated heterocycles. The van der Waals surface area contributed by atoms with E-state index in [4.69, 9.17) is 32.9 Å². The molecule has 12 heteroatoms. The smallest absolute Gasteiger partial charge is 0.277 e. The molecule has 4 N–H and O–H groups in total. The van der Waals surface area contributed by atoms with Gasteiger partial charge in [0, 0.05) is 48.0 Å². The maximum Gasteiger partial charge on any atom is 0.277 e. The zero-order valence-electron chi connectivity index (χ0n) is 23.6. The number of aromatic nitrogens is 3. The van der Waals surface area contributed by atoms with Gasteiger partial charge in [-0.2, -0.15) is 0 Å². The fraction of sp³-hybridized carbons (Fsp3) is 0.290. The Morgan fingerprint density at radius 2 is 1.74 bits per heavy atom. The highest BCUT2D eigenvalue weighted by molar-refractivity contribution is 6.39. The third kappa shape index (κ3) is 6.52. The van der Waals surface area contributed by atoms with E-state index in [0.29, 0.717) is 39.8 Å². The Morgan fingerprint density at radius 3 is 2.49 bits per heavy atom. The molecule has 1 unspecified atom stereocenters. The molecule has 1 aliphatic rings. The molecule has 10 nitrogen and oxygen atoms in total. The van der Waals surface area contributed by atoms with Gasteiger partial charge in [0.05, 0.1) is 34.6 Å². The first-order valence-electron chi connectivity index (χ1n) is 13.8. The molecule has 0 spiro atoms. The number of anilines is 1. The van der Waals surface area contributed by atoms with Gasteiger partial charge in [-0.05, 0) is 25.0 Å². The summed E-state index contributed by atoms with van der Waals surface area (Å²) >= 11 is 13.7. The average molecular weight is 625 g/mol. The van der Waals surface area contributed by atoms with Crippen LogP contribution in [0.4, 0.5) is 5.69 Å². The quantitative estimate of drug-likeness (QED) is 0.222. The van der Waals surface area contributed by atoms with Gasteiger partial charge in [0.2, 0.25) is 5.88 Å². The number of hydrogen-bond acceptors (Lipinski definition) is 7. The van der Waals surface area contributed by atoms with E-state index in [1.165, 1.54) is 7.05 Å². The number of carbonyl (C=O) groups excluding carboxylic acids is 1. The van der Waals surface area contributed by atoms with Crippen molar-refractivity contribution in [1.82, 2.24) is 20.1 Å². The number of aromatic amines is 1. The summed E-state index contributed by atoms with van der Waals surface area (Å²) in [4.78, 5) is 41.8. The standard InChI is InChI=1S/C31H31Cl2N5O5/c1-38-31(42)21(15-26(40)37-38)29(41)35-24-11-6-8-19(28(24)33)18-7-5-9-20(27(18)32)22-14-13-17(30(36-22)43-2)16-34-23-10-3-4-12-25(23)39/h5-9,11,13-15,23,25,34,39H,3-4,10,12,16H2,1-2H3,(H,35,41)(H,37,40)/t23?,25-/m0/s1. The number of nitrogens with zero attached hydrogens (tertiary/aromatic N) is 2. The van der Waals surface area contributed by atoms with E-state index in [2.05, 4.69) is 15.7 Å². The molecule has 2 aromatic heterocycles. The zero-order valence-corrected chi connectivity index (χ0v) is 25.1. The van der Waals surface area contributed by atoms with Gasteiger partial charge in [-0.25, -0.2) is 4.98 Å². The van der Waals surface area contributed by atoms with Crippen molar-refractivity contribution in [2.45, 2.75) is 44.4 Å². The lowest BCUT2D eigenvalue weighted by Gasteiger charge is -2.28. The van der Waals surface area contributed by atoms with Crippen molar-refractivity contribution < 1.29 is 14.6 Å². The molecule has 224 valence electrons. The number of halogens is 2. The fourth-order valence-corrected chi connectivity index (χ4v) is 5.87. The summed E-state index contributed by atoms with van der Waals surface area (Å²) in [6, 6.07) is 15.3. The Bertz CT molecular complexity index is 1790. The molecular weight excluding hydrogens is 593 g/mol. The monoisotopic (exact) mass is 623 g/mol. The van der Waals surface area contributed by atoms with Crippen LogP contribution in [0.15, 0.2) is 64.2 Å². The van der Waals surface area contributed by atoms with Gasteiger partial charge in [-0.1, -0.05) is 72.4 Å². The molecule has 1 saturated carbocycles. The highest BCUT2D eigenvalue weighted by Crippen LogP contribution is 2.41. The van der Waals surface area contributed by atoms with Crippen LogP contribution in [-0.2, 0) is 13.6 Å². The summed E-state index contributed by atoms with van der Waals surface area (Å²) < 4.78 is 6.54. The molecule has 2 aromatic carbocycles. The number of rotatable bonds is 8. The number of amides is 1. The van der Waals surface area contributed by atoms with Gasteiger partial charge in [-0.15, -0.1) is 0 Å². The molecule has 5 rings (SSSR count). The van der Waals surface area contributed by atoms with Crippen molar-refractivity contribution >= 4 is 34.8 Å². The Balaban J connectivity index is 1.42. The van der Waals surface area contributed by atoms with E-state index in [0.717, 1.165) is 42.0 Å². The number of nitrogens with one attached hydrogen (secondary N) is 3. The molecule has 2 atom stereocenters. The number of aliphatic hydroxyl groups is 1. The second-order valence-electron chi connectivity index (χ2n) is 10.4. The van der Waals surface area contributed by atoms with Crippen LogP contribution in [0.2, 0.25) is 10.0 Å². The summed E-state index contributed by atoms with van der Waals surface area (Å²) in [5, 5.41) is 19.2. The van der Waals surface area contributed by atoms with Gasteiger partial charge in [0.1, 0.15) is 5.56 Å². The molecular formula is C31H31Cl2N5O5. The highest BCUT2D eigenvalue weighted by Gasteiger charge is 2.23.